The summed E-state index contributed by atoms with van der Waals surface area (Å²) in [5.41, 5.74) is 0.680. The van der Waals surface area contributed by atoms with Crippen molar-refractivity contribution in [2.75, 3.05) is 55.8 Å². The summed E-state index contributed by atoms with van der Waals surface area (Å²) in [5.74, 6) is 1.46. The number of halogens is 1. The van der Waals surface area contributed by atoms with Crippen LogP contribution in [0.4, 0.5) is 10.1 Å². The molecule has 1 N–H and O–H groups in total. The second kappa shape index (κ2) is 10.0. The number of thioether (sulfide) groups is 1. The van der Waals surface area contributed by atoms with E-state index in [-0.39, 0.29) is 29.6 Å². The molecule has 3 fully saturated rings. The van der Waals surface area contributed by atoms with Crippen LogP contribution in [0.3, 0.4) is 0 Å². The van der Waals surface area contributed by atoms with Gasteiger partial charge in [0.05, 0.1) is 11.6 Å². The van der Waals surface area contributed by atoms with Crippen molar-refractivity contribution >= 4 is 29.3 Å². The quantitative estimate of drug-likeness (QED) is 0.667. The molecule has 30 heavy (non-hydrogen) atoms. The van der Waals surface area contributed by atoms with Gasteiger partial charge in [-0.3, -0.25) is 14.5 Å². The van der Waals surface area contributed by atoms with Crippen molar-refractivity contribution < 1.29 is 14.0 Å². The minimum atomic E-state index is -0.313. The summed E-state index contributed by atoms with van der Waals surface area (Å²) >= 11 is 1.66. The third-order valence-electron chi connectivity index (χ3n) is 6.44. The number of nitrogens with zero attached hydrogens (tertiary/aromatic N) is 3. The number of anilines is 1. The molecule has 6 nitrogen and oxygen atoms in total. The number of carbonyl (C=O) groups excluding carboxylic acids is 2. The van der Waals surface area contributed by atoms with Crippen LogP contribution in [0.15, 0.2) is 24.3 Å². The summed E-state index contributed by atoms with van der Waals surface area (Å²) in [7, 11) is 0. The molecule has 1 unspecified atom stereocenters. The summed E-state index contributed by atoms with van der Waals surface area (Å²) in [6.45, 7) is 4.95. The van der Waals surface area contributed by atoms with Gasteiger partial charge in [-0.1, -0.05) is 18.6 Å². The van der Waals surface area contributed by atoms with Crippen LogP contribution in [-0.4, -0.2) is 78.6 Å². The van der Waals surface area contributed by atoms with Gasteiger partial charge >= 0.3 is 0 Å². The Morgan fingerprint density at radius 3 is 2.60 bits per heavy atom. The van der Waals surface area contributed by atoms with Crippen LogP contribution in [0.25, 0.3) is 0 Å². The van der Waals surface area contributed by atoms with Crippen molar-refractivity contribution in [2.24, 2.45) is 5.92 Å². The minimum absolute atomic E-state index is 0.0166. The minimum Gasteiger partial charge on any atom is -0.367 e. The van der Waals surface area contributed by atoms with E-state index < -0.39 is 0 Å². The maximum absolute atomic E-state index is 13.9. The van der Waals surface area contributed by atoms with Crippen molar-refractivity contribution in [3.05, 3.63) is 30.1 Å². The molecule has 1 atom stereocenters. The Labute approximate surface area is 182 Å². The SMILES string of the molecule is O=C(NCCCN1CCN(c2ccccc2F)CC1)C1CSCN1C(=O)C1CCC1. The molecule has 8 heteroatoms. The van der Waals surface area contributed by atoms with Gasteiger partial charge in [-0.15, -0.1) is 11.8 Å². The molecule has 0 bridgehead atoms. The van der Waals surface area contributed by atoms with Gasteiger partial charge in [0.15, 0.2) is 0 Å². The zero-order valence-corrected chi connectivity index (χ0v) is 18.2. The number of para-hydroxylation sites is 1. The number of hydrogen-bond acceptors (Lipinski definition) is 5. The largest absolute Gasteiger partial charge is 0.367 e. The number of benzene rings is 1. The van der Waals surface area contributed by atoms with Crippen LogP contribution < -0.4 is 10.2 Å². The highest BCUT2D eigenvalue weighted by Crippen LogP contribution is 2.32. The lowest BCUT2D eigenvalue weighted by molar-refractivity contribution is -0.143. The Bertz CT molecular complexity index is 752. The molecule has 1 saturated carbocycles. The zero-order valence-electron chi connectivity index (χ0n) is 17.4. The van der Waals surface area contributed by atoms with E-state index in [1.54, 1.807) is 22.7 Å². The van der Waals surface area contributed by atoms with Gasteiger partial charge in [-0.25, -0.2) is 4.39 Å². The Balaban J connectivity index is 1.15. The van der Waals surface area contributed by atoms with Crippen LogP contribution in [0.5, 0.6) is 0 Å². The lowest BCUT2D eigenvalue weighted by Gasteiger charge is -2.36. The first-order valence-electron chi connectivity index (χ1n) is 11.0. The maximum Gasteiger partial charge on any atom is 0.243 e. The van der Waals surface area contributed by atoms with Gasteiger partial charge in [0.1, 0.15) is 11.9 Å². The van der Waals surface area contributed by atoms with Crippen LogP contribution in [0.2, 0.25) is 0 Å². The van der Waals surface area contributed by atoms with Crippen molar-refractivity contribution in [1.29, 1.82) is 0 Å². The fourth-order valence-corrected chi connectivity index (χ4v) is 5.48. The Hall–Kier alpha value is -1.80. The van der Waals surface area contributed by atoms with Gasteiger partial charge in [-0.05, 0) is 37.9 Å². The monoisotopic (exact) mass is 434 g/mol. The second-order valence-electron chi connectivity index (χ2n) is 8.38. The number of amides is 2. The normalized spacial score (nSPS) is 22.8. The number of nitrogens with one attached hydrogen (secondary N) is 1. The molecular weight excluding hydrogens is 403 g/mol. The van der Waals surface area contributed by atoms with Gasteiger partial charge in [0, 0.05) is 44.4 Å². The Morgan fingerprint density at radius 2 is 1.90 bits per heavy atom. The van der Waals surface area contributed by atoms with Crippen LogP contribution >= 0.6 is 11.8 Å². The summed E-state index contributed by atoms with van der Waals surface area (Å²) < 4.78 is 13.9. The molecule has 0 radical (unpaired) electrons. The van der Waals surface area contributed by atoms with Gasteiger partial charge in [0.25, 0.3) is 0 Å². The van der Waals surface area contributed by atoms with Gasteiger partial charge in [-0.2, -0.15) is 0 Å². The molecular formula is C22H31FN4O2S. The number of rotatable bonds is 7. The number of carbonyl (C=O) groups is 2. The van der Waals surface area contributed by atoms with E-state index in [4.69, 9.17) is 0 Å². The molecule has 1 aromatic carbocycles. The maximum atomic E-state index is 13.9. The molecule has 3 aliphatic rings. The highest BCUT2D eigenvalue weighted by molar-refractivity contribution is 7.99. The van der Waals surface area contributed by atoms with Crippen molar-refractivity contribution in [1.82, 2.24) is 15.1 Å². The average molecular weight is 435 g/mol. The molecule has 1 aromatic rings. The fourth-order valence-electron chi connectivity index (χ4n) is 4.32. The average Bonchev–Trinajstić information content (AvgIpc) is 3.21. The molecule has 0 spiro atoms. The molecule has 2 amide bonds. The molecule has 4 rings (SSSR count). The van der Waals surface area contributed by atoms with Crippen molar-refractivity contribution in [3.8, 4) is 0 Å². The Morgan fingerprint density at radius 1 is 1.13 bits per heavy atom. The van der Waals surface area contributed by atoms with E-state index in [9.17, 15) is 14.0 Å². The second-order valence-corrected chi connectivity index (χ2v) is 9.38. The Kier molecular flexibility index (Phi) is 7.15. The van der Waals surface area contributed by atoms with E-state index in [1.807, 2.05) is 12.1 Å². The fraction of sp³-hybridized carbons (Fsp3) is 0.636. The number of hydrogen-bond donors (Lipinski definition) is 1. The molecule has 1 aliphatic carbocycles. The molecule has 164 valence electrons. The van der Waals surface area contributed by atoms with Crippen LogP contribution in [0, 0.1) is 11.7 Å². The lowest BCUT2D eigenvalue weighted by Crippen LogP contribution is -2.50. The van der Waals surface area contributed by atoms with Crippen molar-refractivity contribution in [2.45, 2.75) is 31.7 Å². The first-order chi connectivity index (χ1) is 14.6. The van der Waals surface area contributed by atoms with E-state index in [2.05, 4.69) is 15.1 Å². The summed E-state index contributed by atoms with van der Waals surface area (Å²) in [6, 6.07) is 6.62. The molecule has 2 saturated heterocycles. The molecule has 2 heterocycles. The molecule has 0 aromatic heterocycles. The van der Waals surface area contributed by atoms with E-state index >= 15 is 0 Å². The third-order valence-corrected chi connectivity index (χ3v) is 7.45. The third kappa shape index (κ3) is 4.91. The smallest absolute Gasteiger partial charge is 0.243 e. The zero-order chi connectivity index (χ0) is 20.9. The van der Waals surface area contributed by atoms with Crippen LogP contribution in [-0.2, 0) is 9.59 Å². The van der Waals surface area contributed by atoms with Crippen LogP contribution in [0.1, 0.15) is 25.7 Å². The number of piperazine rings is 1. The highest BCUT2D eigenvalue weighted by Gasteiger charge is 2.39. The summed E-state index contributed by atoms with van der Waals surface area (Å²) in [6.07, 6.45) is 3.95. The standard InChI is InChI=1S/C22H31FN4O2S/c23-18-7-1-2-8-19(18)26-13-11-25(12-14-26)10-4-9-24-21(28)20-15-30-16-27(20)22(29)17-5-3-6-17/h1-2,7-8,17,20H,3-6,9-16H2,(H,24,28). The van der Waals surface area contributed by atoms with Gasteiger partial charge < -0.3 is 15.1 Å². The van der Waals surface area contributed by atoms with E-state index in [1.165, 1.54) is 6.07 Å². The predicted molar refractivity (Wildman–Crippen MR) is 118 cm³/mol. The first kappa shape index (κ1) is 21.4. The summed E-state index contributed by atoms with van der Waals surface area (Å²) in [5, 5.41) is 3.03. The predicted octanol–water partition coefficient (Wildman–Crippen LogP) is 2.16. The van der Waals surface area contributed by atoms with E-state index in [0.29, 0.717) is 23.9 Å². The highest BCUT2D eigenvalue weighted by atomic mass is 32.2. The summed E-state index contributed by atoms with van der Waals surface area (Å²) in [4.78, 5) is 31.4. The molecule has 2 aliphatic heterocycles. The lowest BCUT2D eigenvalue weighted by atomic mass is 9.84. The van der Waals surface area contributed by atoms with E-state index in [0.717, 1.165) is 58.4 Å². The van der Waals surface area contributed by atoms with Crippen molar-refractivity contribution in [3.63, 3.8) is 0 Å². The van der Waals surface area contributed by atoms with Gasteiger partial charge in [0.2, 0.25) is 11.8 Å². The topological polar surface area (TPSA) is 55.9 Å². The first-order valence-corrected chi connectivity index (χ1v) is 12.2.